The summed E-state index contributed by atoms with van der Waals surface area (Å²) in [6, 6.07) is 6.43. The summed E-state index contributed by atoms with van der Waals surface area (Å²) < 4.78 is 0. The van der Waals surface area contributed by atoms with E-state index in [1.807, 2.05) is 0 Å². The standard InChI is InChI=1S/C14H12N4O5/c19-9(5-8-6-15-14(16-8)18(22)23)7-17-12(20)10-3-1-2-4-11(10)13(17)21/h1-4,6,9,19H,5,7H2,(H,15,16)/t9-/m0/s1. The topological polar surface area (TPSA) is 129 Å². The number of aromatic amines is 1. The second-order valence-electron chi connectivity index (χ2n) is 5.11. The molecule has 1 aromatic heterocycles. The van der Waals surface area contributed by atoms with E-state index in [2.05, 4.69) is 9.97 Å². The van der Waals surface area contributed by atoms with Crippen LogP contribution in [0.5, 0.6) is 0 Å². The number of carbonyl (C=O) groups is 2. The number of nitro groups is 1. The second-order valence-corrected chi connectivity index (χ2v) is 5.11. The van der Waals surface area contributed by atoms with Crippen LogP contribution in [0.1, 0.15) is 26.4 Å². The quantitative estimate of drug-likeness (QED) is 0.470. The Balaban J connectivity index is 1.69. The number of hydrogen-bond donors (Lipinski definition) is 2. The van der Waals surface area contributed by atoms with E-state index in [4.69, 9.17) is 0 Å². The molecule has 2 N–H and O–H groups in total. The molecule has 3 rings (SSSR count). The Hall–Kier alpha value is -3.07. The number of nitrogens with one attached hydrogen (secondary N) is 1. The second kappa shape index (κ2) is 5.61. The molecule has 2 amide bonds. The number of carbonyl (C=O) groups excluding carboxylic acids is 2. The maximum Gasteiger partial charge on any atom is 0.432 e. The Morgan fingerprint density at radius 3 is 2.39 bits per heavy atom. The highest BCUT2D eigenvalue weighted by Crippen LogP contribution is 2.22. The molecule has 1 aromatic carbocycles. The number of imidazole rings is 1. The van der Waals surface area contributed by atoms with Crippen molar-refractivity contribution in [2.24, 2.45) is 0 Å². The number of aliphatic hydroxyl groups excluding tert-OH is 1. The van der Waals surface area contributed by atoms with Crippen LogP contribution >= 0.6 is 0 Å². The predicted molar refractivity (Wildman–Crippen MR) is 76.8 cm³/mol. The van der Waals surface area contributed by atoms with Crippen molar-refractivity contribution in [3.63, 3.8) is 0 Å². The molecule has 0 radical (unpaired) electrons. The average molecular weight is 316 g/mol. The van der Waals surface area contributed by atoms with E-state index in [9.17, 15) is 24.8 Å². The van der Waals surface area contributed by atoms with Crippen molar-refractivity contribution in [3.8, 4) is 0 Å². The molecule has 1 aliphatic heterocycles. The summed E-state index contributed by atoms with van der Waals surface area (Å²) in [4.78, 5) is 41.2. The molecule has 1 aliphatic rings. The van der Waals surface area contributed by atoms with E-state index in [-0.39, 0.29) is 13.0 Å². The molecule has 9 nitrogen and oxygen atoms in total. The van der Waals surface area contributed by atoms with Crippen molar-refractivity contribution in [2.75, 3.05) is 6.54 Å². The van der Waals surface area contributed by atoms with Crippen LogP contribution < -0.4 is 0 Å². The molecule has 0 bridgehead atoms. The lowest BCUT2D eigenvalue weighted by molar-refractivity contribution is -0.393. The van der Waals surface area contributed by atoms with Gasteiger partial charge in [-0.25, -0.2) is 4.98 Å². The molecule has 1 atom stereocenters. The SMILES string of the molecule is O=C1c2ccccc2C(=O)N1C[C@@H](O)Cc1cnc([N+](=O)[O-])[nH]1. The number of nitrogens with zero attached hydrogens (tertiary/aromatic N) is 3. The van der Waals surface area contributed by atoms with Gasteiger partial charge in [-0.15, -0.1) is 0 Å². The van der Waals surface area contributed by atoms with Gasteiger partial charge < -0.3 is 15.2 Å². The Morgan fingerprint density at radius 2 is 1.87 bits per heavy atom. The van der Waals surface area contributed by atoms with E-state index in [1.54, 1.807) is 24.3 Å². The summed E-state index contributed by atoms with van der Waals surface area (Å²) >= 11 is 0. The summed E-state index contributed by atoms with van der Waals surface area (Å²) in [5, 5.41) is 20.6. The Bertz CT molecular complexity index is 765. The van der Waals surface area contributed by atoms with Crippen molar-refractivity contribution in [2.45, 2.75) is 12.5 Å². The number of H-pyrrole nitrogens is 1. The number of imide groups is 1. The molecule has 0 spiro atoms. The molecule has 9 heteroatoms. The molecule has 2 aromatic rings. The third kappa shape index (κ3) is 2.69. The maximum atomic E-state index is 12.2. The van der Waals surface area contributed by atoms with Gasteiger partial charge in [0.15, 0.2) is 0 Å². The van der Waals surface area contributed by atoms with Crippen LogP contribution in [0.2, 0.25) is 0 Å². The fourth-order valence-corrected chi connectivity index (χ4v) is 2.48. The lowest BCUT2D eigenvalue weighted by Gasteiger charge is -2.17. The lowest BCUT2D eigenvalue weighted by atomic mass is 10.1. The molecule has 2 heterocycles. The summed E-state index contributed by atoms with van der Waals surface area (Å²) in [5.41, 5.74) is 0.963. The molecule has 23 heavy (non-hydrogen) atoms. The largest absolute Gasteiger partial charge is 0.432 e. The van der Waals surface area contributed by atoms with Gasteiger partial charge in [-0.2, -0.15) is 0 Å². The van der Waals surface area contributed by atoms with Crippen LogP contribution in [-0.2, 0) is 6.42 Å². The highest BCUT2D eigenvalue weighted by Gasteiger charge is 2.36. The van der Waals surface area contributed by atoms with Crippen molar-refractivity contribution in [3.05, 3.63) is 57.4 Å². The highest BCUT2D eigenvalue weighted by molar-refractivity contribution is 6.21. The first-order valence-corrected chi connectivity index (χ1v) is 6.79. The van der Waals surface area contributed by atoms with E-state index < -0.39 is 28.8 Å². The van der Waals surface area contributed by atoms with E-state index in [0.29, 0.717) is 16.8 Å². The van der Waals surface area contributed by atoms with Crippen molar-refractivity contribution < 1.29 is 19.6 Å². The number of benzene rings is 1. The third-order valence-electron chi connectivity index (χ3n) is 3.52. The van der Waals surface area contributed by atoms with Crippen molar-refractivity contribution >= 4 is 17.8 Å². The van der Waals surface area contributed by atoms with Gasteiger partial charge in [0.1, 0.15) is 11.9 Å². The zero-order valence-electron chi connectivity index (χ0n) is 11.8. The number of aliphatic hydroxyl groups is 1. The molecule has 0 fully saturated rings. The summed E-state index contributed by atoms with van der Waals surface area (Å²) in [6.07, 6.45) is 0.190. The van der Waals surface area contributed by atoms with Crippen LogP contribution in [0, 0.1) is 10.1 Å². The van der Waals surface area contributed by atoms with E-state index >= 15 is 0 Å². The van der Waals surface area contributed by atoms with E-state index in [1.165, 1.54) is 6.20 Å². The van der Waals surface area contributed by atoms with Gasteiger partial charge in [-0.1, -0.05) is 17.1 Å². The van der Waals surface area contributed by atoms with Gasteiger partial charge in [-0.3, -0.25) is 14.5 Å². The zero-order chi connectivity index (χ0) is 16.6. The fraction of sp³-hybridized carbons (Fsp3) is 0.214. The molecule has 118 valence electrons. The third-order valence-corrected chi connectivity index (χ3v) is 3.52. The van der Waals surface area contributed by atoms with Crippen molar-refractivity contribution in [1.29, 1.82) is 0 Å². The monoisotopic (exact) mass is 316 g/mol. The first kappa shape index (κ1) is 14.9. The van der Waals surface area contributed by atoms with Gasteiger partial charge in [0.05, 0.1) is 23.8 Å². The Morgan fingerprint density at radius 1 is 1.26 bits per heavy atom. The normalized spacial score (nSPS) is 14.9. The minimum atomic E-state index is -1.06. The summed E-state index contributed by atoms with van der Waals surface area (Å²) in [6.45, 7) is -0.195. The maximum absolute atomic E-state index is 12.2. The molecular formula is C14H12N4O5. The molecular weight excluding hydrogens is 304 g/mol. The van der Waals surface area contributed by atoms with Crippen LogP contribution in [0.3, 0.4) is 0 Å². The van der Waals surface area contributed by atoms with Crippen LogP contribution in [0.15, 0.2) is 30.5 Å². The number of fused-ring (bicyclic) bond motifs is 1. The lowest BCUT2D eigenvalue weighted by Crippen LogP contribution is -2.37. The average Bonchev–Trinajstić information content (AvgIpc) is 3.07. The first-order valence-electron chi connectivity index (χ1n) is 6.79. The predicted octanol–water partition coefficient (Wildman–Crippen LogP) is 0.517. The minimum absolute atomic E-state index is 0.00818. The molecule has 0 saturated heterocycles. The van der Waals surface area contributed by atoms with Gasteiger partial charge in [0.25, 0.3) is 11.8 Å². The molecule has 0 unspecified atom stereocenters. The number of hydrogen-bond acceptors (Lipinski definition) is 6. The van der Waals surface area contributed by atoms with Gasteiger partial charge in [-0.05, 0) is 17.1 Å². The van der Waals surface area contributed by atoms with Crippen LogP contribution in [-0.4, -0.2) is 49.4 Å². The van der Waals surface area contributed by atoms with Gasteiger partial charge in [0.2, 0.25) is 0 Å². The number of β-amino-alcohol motifs (C(OH)–C–C–N with tert-alkyl or cyclic N) is 1. The molecule has 0 saturated carbocycles. The van der Waals surface area contributed by atoms with Gasteiger partial charge >= 0.3 is 5.95 Å². The van der Waals surface area contributed by atoms with Gasteiger partial charge in [0, 0.05) is 6.42 Å². The number of amides is 2. The number of rotatable bonds is 5. The summed E-state index contributed by atoms with van der Waals surface area (Å²) in [7, 11) is 0. The van der Waals surface area contributed by atoms with Crippen LogP contribution in [0.4, 0.5) is 5.95 Å². The first-order chi connectivity index (χ1) is 11.0. The Kier molecular flexibility index (Phi) is 3.62. The highest BCUT2D eigenvalue weighted by atomic mass is 16.6. The van der Waals surface area contributed by atoms with Crippen molar-refractivity contribution in [1.82, 2.24) is 14.9 Å². The Labute approximate surface area is 129 Å². The zero-order valence-corrected chi connectivity index (χ0v) is 11.8. The fourth-order valence-electron chi connectivity index (χ4n) is 2.48. The smallest absolute Gasteiger partial charge is 0.391 e. The van der Waals surface area contributed by atoms with Crippen LogP contribution in [0.25, 0.3) is 0 Å². The number of aromatic nitrogens is 2. The van der Waals surface area contributed by atoms with E-state index in [0.717, 1.165) is 4.90 Å². The summed E-state index contributed by atoms with van der Waals surface area (Å²) in [5.74, 6) is -1.34. The molecule has 0 aliphatic carbocycles. The minimum Gasteiger partial charge on any atom is -0.391 e.